The van der Waals surface area contributed by atoms with Gasteiger partial charge in [0, 0.05) is 18.3 Å². The third-order valence-corrected chi connectivity index (χ3v) is 3.35. The van der Waals surface area contributed by atoms with Crippen LogP contribution >= 0.6 is 0 Å². The lowest BCUT2D eigenvalue weighted by molar-refractivity contribution is 0.629. The average Bonchev–Trinajstić information content (AvgIpc) is 2.70. The lowest BCUT2D eigenvalue weighted by Crippen LogP contribution is -1.96. The van der Waals surface area contributed by atoms with Crippen LogP contribution in [0.25, 0.3) is 22.4 Å². The van der Waals surface area contributed by atoms with E-state index < -0.39 is 0 Å². The van der Waals surface area contributed by atoms with E-state index in [2.05, 4.69) is 4.98 Å². The Labute approximate surface area is 110 Å². The maximum absolute atomic E-state index is 13.3. The van der Waals surface area contributed by atoms with Gasteiger partial charge < -0.3 is 10.3 Å². The van der Waals surface area contributed by atoms with E-state index in [0.29, 0.717) is 5.69 Å². The number of nitrogens with two attached hydrogens (primary N) is 1. The summed E-state index contributed by atoms with van der Waals surface area (Å²) in [6, 6.07) is 10.3. The molecule has 0 bridgehead atoms. The highest BCUT2D eigenvalue weighted by Crippen LogP contribution is 2.28. The number of aromatic nitrogens is 2. The van der Waals surface area contributed by atoms with Crippen LogP contribution < -0.4 is 5.73 Å². The topological polar surface area (TPSA) is 43.8 Å². The van der Waals surface area contributed by atoms with E-state index in [0.717, 1.165) is 28.0 Å². The first-order valence-electron chi connectivity index (χ1n) is 6.05. The molecule has 96 valence electrons. The number of benzene rings is 2. The highest BCUT2D eigenvalue weighted by molar-refractivity contribution is 5.81. The van der Waals surface area contributed by atoms with Crippen LogP contribution in [0.3, 0.4) is 0 Å². The van der Waals surface area contributed by atoms with Gasteiger partial charge in [0.05, 0.1) is 11.0 Å². The van der Waals surface area contributed by atoms with Crippen molar-refractivity contribution in [2.75, 3.05) is 5.73 Å². The molecule has 0 fully saturated rings. The molecule has 4 heteroatoms. The summed E-state index contributed by atoms with van der Waals surface area (Å²) in [5.74, 6) is 0.539. The van der Waals surface area contributed by atoms with Gasteiger partial charge in [-0.05, 0) is 42.8 Å². The Hall–Kier alpha value is -2.36. The molecule has 0 amide bonds. The Balaban J connectivity index is 2.31. The van der Waals surface area contributed by atoms with Crippen molar-refractivity contribution >= 4 is 16.7 Å². The summed E-state index contributed by atoms with van der Waals surface area (Å²) >= 11 is 0. The van der Waals surface area contributed by atoms with Crippen LogP contribution in [0.2, 0.25) is 0 Å². The van der Waals surface area contributed by atoms with Crippen LogP contribution in [0.5, 0.6) is 0 Å². The van der Waals surface area contributed by atoms with Gasteiger partial charge >= 0.3 is 0 Å². The lowest BCUT2D eigenvalue weighted by atomic mass is 10.1. The first kappa shape index (κ1) is 11.7. The average molecular weight is 255 g/mol. The van der Waals surface area contributed by atoms with Crippen molar-refractivity contribution in [2.24, 2.45) is 7.05 Å². The van der Waals surface area contributed by atoms with Crippen LogP contribution in [-0.2, 0) is 7.05 Å². The smallest absolute Gasteiger partial charge is 0.141 e. The van der Waals surface area contributed by atoms with Crippen molar-refractivity contribution in [3.05, 3.63) is 47.8 Å². The minimum atomic E-state index is -0.258. The fraction of sp³-hybridized carbons (Fsp3) is 0.133. The number of hydrogen-bond acceptors (Lipinski definition) is 2. The maximum Gasteiger partial charge on any atom is 0.141 e. The van der Waals surface area contributed by atoms with E-state index >= 15 is 0 Å². The molecule has 0 saturated heterocycles. The maximum atomic E-state index is 13.3. The third-order valence-electron chi connectivity index (χ3n) is 3.35. The highest BCUT2D eigenvalue weighted by atomic mass is 19.1. The van der Waals surface area contributed by atoms with E-state index in [1.807, 2.05) is 36.7 Å². The van der Waals surface area contributed by atoms with Crippen LogP contribution in [0.15, 0.2) is 36.4 Å². The van der Waals surface area contributed by atoms with Crippen molar-refractivity contribution < 1.29 is 4.39 Å². The van der Waals surface area contributed by atoms with Crippen LogP contribution in [0.1, 0.15) is 5.56 Å². The minimum absolute atomic E-state index is 0.258. The van der Waals surface area contributed by atoms with Gasteiger partial charge in [0.2, 0.25) is 0 Å². The molecule has 3 rings (SSSR count). The van der Waals surface area contributed by atoms with Crippen LogP contribution in [0.4, 0.5) is 10.1 Å². The van der Waals surface area contributed by atoms with Crippen molar-refractivity contribution in [2.45, 2.75) is 6.92 Å². The van der Waals surface area contributed by atoms with Crippen molar-refractivity contribution in [3.8, 4) is 11.4 Å². The Morgan fingerprint density at radius 1 is 1.16 bits per heavy atom. The number of nitrogens with zero attached hydrogens (tertiary/aromatic N) is 2. The molecule has 1 heterocycles. The molecule has 3 aromatic rings. The summed E-state index contributed by atoms with van der Waals surface area (Å²) in [4.78, 5) is 4.57. The highest BCUT2D eigenvalue weighted by Gasteiger charge is 2.12. The predicted molar refractivity (Wildman–Crippen MR) is 75.3 cm³/mol. The summed E-state index contributed by atoms with van der Waals surface area (Å²) in [5.41, 5.74) is 10.1. The van der Waals surface area contributed by atoms with Gasteiger partial charge in [-0.1, -0.05) is 6.07 Å². The molecule has 1 aromatic heterocycles. The fourth-order valence-electron chi connectivity index (χ4n) is 2.28. The third kappa shape index (κ3) is 1.85. The Kier molecular flexibility index (Phi) is 2.52. The molecule has 0 aliphatic heterocycles. The summed E-state index contributed by atoms with van der Waals surface area (Å²) in [7, 11) is 1.88. The number of fused-ring (bicyclic) bond motifs is 1. The molecular weight excluding hydrogens is 241 g/mol. The van der Waals surface area contributed by atoms with Gasteiger partial charge in [-0.15, -0.1) is 0 Å². The molecule has 0 saturated carbocycles. The lowest BCUT2D eigenvalue weighted by Gasteiger charge is -2.07. The van der Waals surface area contributed by atoms with Crippen molar-refractivity contribution in [3.63, 3.8) is 0 Å². The molecule has 3 nitrogen and oxygen atoms in total. The summed E-state index contributed by atoms with van der Waals surface area (Å²) < 4.78 is 15.2. The molecule has 0 radical (unpaired) electrons. The van der Waals surface area contributed by atoms with Gasteiger partial charge in [-0.2, -0.15) is 0 Å². The molecule has 0 spiro atoms. The van der Waals surface area contributed by atoms with Crippen molar-refractivity contribution in [1.29, 1.82) is 0 Å². The second-order valence-corrected chi connectivity index (χ2v) is 4.70. The molecule has 0 aliphatic carbocycles. The number of aryl methyl sites for hydroxylation is 2. The number of imidazole rings is 1. The molecular formula is C15H14FN3. The normalized spacial score (nSPS) is 11.1. The molecule has 19 heavy (non-hydrogen) atoms. The van der Waals surface area contributed by atoms with E-state index in [1.165, 1.54) is 12.1 Å². The summed E-state index contributed by atoms with van der Waals surface area (Å²) in [6.45, 7) is 2.01. The number of anilines is 1. The van der Waals surface area contributed by atoms with E-state index in [1.54, 1.807) is 6.07 Å². The number of rotatable bonds is 1. The second kappa shape index (κ2) is 4.09. The number of hydrogen-bond donors (Lipinski definition) is 1. The van der Waals surface area contributed by atoms with Gasteiger partial charge in [-0.25, -0.2) is 9.37 Å². The largest absolute Gasteiger partial charge is 0.399 e. The van der Waals surface area contributed by atoms with Gasteiger partial charge in [0.1, 0.15) is 11.6 Å². The van der Waals surface area contributed by atoms with Crippen LogP contribution in [-0.4, -0.2) is 9.55 Å². The fourth-order valence-corrected chi connectivity index (χ4v) is 2.28. The monoisotopic (exact) mass is 255 g/mol. The zero-order valence-electron chi connectivity index (χ0n) is 10.8. The zero-order valence-corrected chi connectivity index (χ0v) is 10.8. The Morgan fingerprint density at radius 2 is 1.95 bits per heavy atom. The molecule has 0 unspecified atom stereocenters. The first-order chi connectivity index (χ1) is 9.06. The number of halogens is 1. The minimum Gasteiger partial charge on any atom is -0.399 e. The van der Waals surface area contributed by atoms with E-state index in [-0.39, 0.29) is 5.82 Å². The van der Waals surface area contributed by atoms with Crippen LogP contribution in [0, 0.1) is 12.7 Å². The van der Waals surface area contributed by atoms with Gasteiger partial charge in [0.25, 0.3) is 0 Å². The standard InChI is InChI=1S/C15H14FN3/c1-9-3-5-11(17)8-12(9)15-18-13-6-4-10(16)7-14(13)19(15)2/h3-8H,17H2,1-2H3. The molecule has 0 atom stereocenters. The summed E-state index contributed by atoms with van der Waals surface area (Å²) in [5, 5.41) is 0. The first-order valence-corrected chi connectivity index (χ1v) is 6.05. The second-order valence-electron chi connectivity index (χ2n) is 4.70. The zero-order chi connectivity index (χ0) is 13.6. The molecule has 2 aromatic carbocycles. The predicted octanol–water partition coefficient (Wildman–Crippen LogP) is 3.27. The quantitative estimate of drug-likeness (QED) is 0.678. The van der Waals surface area contributed by atoms with E-state index in [9.17, 15) is 4.39 Å². The molecule has 0 aliphatic rings. The molecule has 2 N–H and O–H groups in total. The van der Waals surface area contributed by atoms with Crippen molar-refractivity contribution in [1.82, 2.24) is 9.55 Å². The van der Waals surface area contributed by atoms with E-state index in [4.69, 9.17) is 5.73 Å². The SMILES string of the molecule is Cc1ccc(N)cc1-c1nc2ccc(F)cc2n1C. The summed E-state index contributed by atoms with van der Waals surface area (Å²) in [6.07, 6.45) is 0. The Bertz CT molecular complexity index is 774. The number of nitrogen functional groups attached to an aromatic ring is 1. The van der Waals surface area contributed by atoms with Gasteiger partial charge in [0.15, 0.2) is 0 Å². The van der Waals surface area contributed by atoms with Gasteiger partial charge in [-0.3, -0.25) is 0 Å². The Morgan fingerprint density at radius 3 is 2.74 bits per heavy atom.